The van der Waals surface area contributed by atoms with E-state index < -0.39 is 35.5 Å². The Labute approximate surface area is 245 Å². The highest BCUT2D eigenvalue weighted by Gasteiger charge is 2.44. The van der Waals surface area contributed by atoms with Crippen molar-refractivity contribution >= 4 is 17.7 Å². The molecule has 2 aromatic carbocycles. The van der Waals surface area contributed by atoms with Crippen molar-refractivity contribution in [3.63, 3.8) is 0 Å². The molecule has 14 heteroatoms. The molecular weight excluding hydrogens is 597 g/mol. The number of rotatable bonds is 7. The van der Waals surface area contributed by atoms with E-state index >= 15 is 0 Å². The van der Waals surface area contributed by atoms with Gasteiger partial charge in [-0.15, -0.1) is 20.5 Å². The van der Waals surface area contributed by atoms with Crippen LogP contribution in [0.2, 0.25) is 0 Å². The van der Waals surface area contributed by atoms with Gasteiger partial charge in [0.1, 0.15) is 6.10 Å². The van der Waals surface area contributed by atoms with Crippen LogP contribution < -0.4 is 14.2 Å². The van der Waals surface area contributed by atoms with Crippen molar-refractivity contribution in [3.05, 3.63) is 88.9 Å². The topological polar surface area (TPSA) is 95.7 Å². The molecule has 2 atom stereocenters. The van der Waals surface area contributed by atoms with Gasteiger partial charge in [0.25, 0.3) is 0 Å². The third-order valence-electron chi connectivity index (χ3n) is 7.02. The molecule has 1 aliphatic carbocycles. The van der Waals surface area contributed by atoms with Crippen LogP contribution in [0.15, 0.2) is 65.7 Å². The van der Waals surface area contributed by atoms with Gasteiger partial charge in [0.05, 0.1) is 22.2 Å². The van der Waals surface area contributed by atoms with Gasteiger partial charge in [0.15, 0.2) is 17.2 Å². The molecule has 0 radical (unpaired) electrons. The number of hydrogen-bond donors (Lipinski definition) is 1. The summed E-state index contributed by atoms with van der Waals surface area (Å²) in [6, 6.07) is 13.4. The number of ether oxygens (including phenoxy) is 3. The zero-order valence-corrected chi connectivity index (χ0v) is 23.1. The quantitative estimate of drug-likeness (QED) is 0.211. The first-order chi connectivity index (χ1) is 20.4. The van der Waals surface area contributed by atoms with Crippen molar-refractivity contribution in [2.24, 2.45) is 0 Å². The Hall–Kier alpha value is -4.33. The van der Waals surface area contributed by atoms with Gasteiger partial charge >= 0.3 is 18.4 Å². The molecule has 0 amide bonds. The number of thioether (sulfide) groups is 1. The SMILES string of the molecule is C[C@H](Oc1cc(-n2nc(C(F)(F)F)c3c2C(Sc2ccc(C(=O)O)cc2)CCC3)ccn1)c1ccc2c(c1)OC(F)(F)O2. The lowest BCUT2D eigenvalue weighted by molar-refractivity contribution is -0.286. The van der Waals surface area contributed by atoms with Gasteiger partial charge in [0.2, 0.25) is 5.88 Å². The van der Waals surface area contributed by atoms with Crippen LogP contribution in [0.5, 0.6) is 17.4 Å². The molecule has 1 unspecified atom stereocenters. The number of benzene rings is 2. The molecule has 0 saturated heterocycles. The largest absolute Gasteiger partial charge is 0.586 e. The number of alkyl halides is 5. The van der Waals surface area contributed by atoms with Gasteiger partial charge in [-0.05, 0) is 74.2 Å². The number of carbonyl (C=O) groups is 1. The molecular formula is C29H22F5N3O5S. The average Bonchev–Trinajstić information content (AvgIpc) is 3.50. The van der Waals surface area contributed by atoms with E-state index in [1.807, 2.05) is 0 Å². The molecule has 43 heavy (non-hydrogen) atoms. The highest BCUT2D eigenvalue weighted by molar-refractivity contribution is 7.99. The molecule has 2 aromatic heterocycles. The average molecular weight is 620 g/mol. The molecule has 8 nitrogen and oxygen atoms in total. The van der Waals surface area contributed by atoms with Crippen molar-refractivity contribution < 1.29 is 46.1 Å². The number of fused-ring (bicyclic) bond motifs is 2. The molecule has 0 saturated carbocycles. The lowest BCUT2D eigenvalue weighted by atomic mass is 9.95. The van der Waals surface area contributed by atoms with Gasteiger partial charge in [-0.2, -0.15) is 18.3 Å². The first-order valence-corrected chi connectivity index (χ1v) is 14.0. The fraction of sp³-hybridized carbons (Fsp3) is 0.276. The van der Waals surface area contributed by atoms with Crippen LogP contribution in [0.4, 0.5) is 22.0 Å². The molecule has 0 fully saturated rings. The normalized spacial score (nSPS) is 17.8. The van der Waals surface area contributed by atoms with E-state index in [9.17, 15) is 31.9 Å². The number of nitrogens with zero attached hydrogens (tertiary/aromatic N) is 3. The highest BCUT2D eigenvalue weighted by Crippen LogP contribution is 2.48. The minimum absolute atomic E-state index is 0.0788. The Morgan fingerprint density at radius 1 is 1.12 bits per heavy atom. The zero-order chi connectivity index (χ0) is 30.5. The number of pyridine rings is 1. The Kier molecular flexibility index (Phi) is 7.19. The molecule has 3 heterocycles. The molecule has 1 aliphatic heterocycles. The van der Waals surface area contributed by atoms with E-state index in [2.05, 4.69) is 19.6 Å². The van der Waals surface area contributed by atoms with Gasteiger partial charge in [-0.1, -0.05) is 6.07 Å². The first kappa shape index (κ1) is 28.8. The smallest absolute Gasteiger partial charge is 0.478 e. The summed E-state index contributed by atoms with van der Waals surface area (Å²) < 4.78 is 85.3. The van der Waals surface area contributed by atoms with Gasteiger partial charge in [-0.25, -0.2) is 14.5 Å². The highest BCUT2D eigenvalue weighted by atomic mass is 32.2. The van der Waals surface area contributed by atoms with Crippen molar-refractivity contribution in [2.75, 3.05) is 0 Å². The summed E-state index contributed by atoms with van der Waals surface area (Å²) in [4.78, 5) is 16.1. The van der Waals surface area contributed by atoms with Crippen LogP contribution in [0.25, 0.3) is 5.69 Å². The maximum Gasteiger partial charge on any atom is 0.586 e. The number of halogens is 5. The molecule has 6 rings (SSSR count). The number of hydrogen-bond acceptors (Lipinski definition) is 7. The second-order valence-corrected chi connectivity index (χ2v) is 11.2. The van der Waals surface area contributed by atoms with Crippen molar-refractivity contribution in [2.45, 2.75) is 54.9 Å². The Bertz CT molecular complexity index is 1690. The molecule has 224 valence electrons. The number of aromatic carboxylic acids is 1. The van der Waals surface area contributed by atoms with E-state index in [1.165, 1.54) is 65.1 Å². The third-order valence-corrected chi connectivity index (χ3v) is 8.31. The minimum atomic E-state index is -4.68. The third kappa shape index (κ3) is 5.83. The first-order valence-electron chi connectivity index (χ1n) is 13.1. The molecule has 1 N–H and O–H groups in total. The van der Waals surface area contributed by atoms with Gasteiger partial charge in [-0.3, -0.25) is 0 Å². The lowest BCUT2D eigenvalue weighted by Crippen LogP contribution is -2.25. The summed E-state index contributed by atoms with van der Waals surface area (Å²) in [5.41, 5.74) is 0.432. The summed E-state index contributed by atoms with van der Waals surface area (Å²) in [6.45, 7) is 1.66. The standard InChI is InChI=1S/C29H22F5N3O5S/c1-15(17-7-10-21-22(13-17)42-29(33,34)41-21)40-24-14-18(11-12-35-24)37-25-20(26(36-37)28(30,31)32)3-2-4-23(25)43-19-8-5-16(6-9-19)27(38)39/h5-15,23H,2-4H2,1H3,(H,38,39)/t15-,23?/m0/s1. The Morgan fingerprint density at radius 3 is 2.58 bits per heavy atom. The molecule has 0 spiro atoms. The van der Waals surface area contributed by atoms with Gasteiger partial charge in [0, 0.05) is 22.7 Å². The predicted octanol–water partition coefficient (Wildman–Crippen LogP) is 7.62. The van der Waals surface area contributed by atoms with Crippen LogP contribution in [0.3, 0.4) is 0 Å². The van der Waals surface area contributed by atoms with E-state index in [0.29, 0.717) is 34.7 Å². The summed E-state index contributed by atoms with van der Waals surface area (Å²) in [5, 5.41) is 12.8. The lowest BCUT2D eigenvalue weighted by Gasteiger charge is -2.24. The van der Waals surface area contributed by atoms with Crippen LogP contribution >= 0.6 is 11.8 Å². The maximum absolute atomic E-state index is 14.1. The van der Waals surface area contributed by atoms with E-state index in [4.69, 9.17) is 4.74 Å². The second kappa shape index (κ2) is 10.7. The van der Waals surface area contributed by atoms with Crippen LogP contribution in [0.1, 0.15) is 64.0 Å². The molecule has 0 bridgehead atoms. The van der Waals surface area contributed by atoms with Crippen molar-refractivity contribution in [1.29, 1.82) is 0 Å². The van der Waals surface area contributed by atoms with E-state index in [0.717, 1.165) is 0 Å². The monoisotopic (exact) mass is 619 g/mol. The molecule has 4 aromatic rings. The Balaban J connectivity index is 1.31. The minimum Gasteiger partial charge on any atom is -0.478 e. The van der Waals surface area contributed by atoms with Crippen LogP contribution in [-0.2, 0) is 12.6 Å². The van der Waals surface area contributed by atoms with E-state index in [1.54, 1.807) is 19.1 Å². The van der Waals surface area contributed by atoms with E-state index in [-0.39, 0.29) is 34.9 Å². The van der Waals surface area contributed by atoms with Crippen LogP contribution in [-0.4, -0.2) is 32.1 Å². The number of carboxylic acid groups (broad SMARTS) is 1. The fourth-order valence-corrected chi connectivity index (χ4v) is 6.34. The summed E-state index contributed by atoms with van der Waals surface area (Å²) in [6.07, 6.45) is -6.45. The summed E-state index contributed by atoms with van der Waals surface area (Å²) in [7, 11) is 0. The van der Waals surface area contributed by atoms with Crippen molar-refractivity contribution in [3.8, 4) is 23.1 Å². The number of aromatic nitrogens is 3. The summed E-state index contributed by atoms with van der Waals surface area (Å²) >= 11 is 1.34. The maximum atomic E-state index is 14.1. The summed E-state index contributed by atoms with van der Waals surface area (Å²) in [5.74, 6) is -1.26. The van der Waals surface area contributed by atoms with Gasteiger partial charge < -0.3 is 19.3 Å². The predicted molar refractivity (Wildman–Crippen MR) is 143 cm³/mol. The number of carboxylic acids is 1. The second-order valence-electron chi connectivity index (χ2n) is 9.94. The molecule has 2 aliphatic rings. The van der Waals surface area contributed by atoms with Crippen molar-refractivity contribution in [1.82, 2.24) is 14.8 Å². The Morgan fingerprint density at radius 2 is 1.86 bits per heavy atom. The zero-order valence-electron chi connectivity index (χ0n) is 22.3. The fourth-order valence-electron chi connectivity index (χ4n) is 5.08. The van der Waals surface area contributed by atoms with Crippen LogP contribution in [0, 0.1) is 0 Å².